The molecule has 0 bridgehead atoms. The molecule has 4 amide bonds. The van der Waals surface area contributed by atoms with Gasteiger partial charge in [0.05, 0.1) is 42.7 Å². The molecule has 1 aliphatic rings. The van der Waals surface area contributed by atoms with Crippen molar-refractivity contribution in [3.8, 4) is 0 Å². The van der Waals surface area contributed by atoms with E-state index in [1.807, 2.05) is 86.0 Å². The fourth-order valence-corrected chi connectivity index (χ4v) is 8.44. The number of rotatable bonds is 26. The first-order chi connectivity index (χ1) is 27.4. The summed E-state index contributed by atoms with van der Waals surface area (Å²) in [6.45, 7) is 15.8. The van der Waals surface area contributed by atoms with E-state index in [0.29, 0.717) is 19.4 Å². The standard InChI is InChI=1S/C44H76N6O8/c1-13-30(6)39(49(10)43(54)37(28(2)3)47-42(53)38(29(4)5)48(9)24-18-17-23-45-8)35(57-11)27-36(51)50-25-19-22-34(50)40(58-12)31(7)41(52)46-33(44(55)56)26-32-20-15-14-16-21-32/h14-16,20-21,28-31,33-35,37-40,45H,13,17-19,22-27H2,1-12H3,(H,46,52)(H,47,53)(H,55,56). The third-order valence-electron chi connectivity index (χ3n) is 11.9. The van der Waals surface area contributed by atoms with E-state index in [2.05, 4.69) is 20.9 Å². The van der Waals surface area contributed by atoms with Crippen molar-refractivity contribution in [2.24, 2.45) is 23.7 Å². The summed E-state index contributed by atoms with van der Waals surface area (Å²) in [6, 6.07) is 5.88. The second-order valence-electron chi connectivity index (χ2n) is 16.9. The topological polar surface area (TPSA) is 170 Å². The number of carbonyl (C=O) groups is 5. The van der Waals surface area contributed by atoms with E-state index >= 15 is 0 Å². The van der Waals surface area contributed by atoms with Crippen LogP contribution < -0.4 is 16.0 Å². The van der Waals surface area contributed by atoms with Crippen LogP contribution in [-0.4, -0.2) is 147 Å². The lowest BCUT2D eigenvalue weighted by Gasteiger charge is -2.41. The number of likely N-dealkylation sites (tertiary alicyclic amines) is 1. The van der Waals surface area contributed by atoms with Crippen LogP contribution in [0.1, 0.15) is 92.6 Å². The average molecular weight is 817 g/mol. The quantitative estimate of drug-likeness (QED) is 0.101. The molecule has 0 aromatic heterocycles. The van der Waals surface area contributed by atoms with Crippen molar-refractivity contribution >= 4 is 29.6 Å². The molecule has 0 saturated carbocycles. The van der Waals surface area contributed by atoms with Crippen LogP contribution in [0.5, 0.6) is 0 Å². The van der Waals surface area contributed by atoms with Crippen molar-refractivity contribution in [2.75, 3.05) is 55.0 Å². The number of hydrogen-bond donors (Lipinski definition) is 4. The van der Waals surface area contributed by atoms with Gasteiger partial charge in [-0.2, -0.15) is 0 Å². The molecule has 0 radical (unpaired) electrons. The molecule has 14 nitrogen and oxygen atoms in total. The summed E-state index contributed by atoms with van der Waals surface area (Å²) in [6.07, 6.45) is 2.74. The maximum Gasteiger partial charge on any atom is 0.326 e. The number of benzene rings is 1. The number of nitrogens with one attached hydrogen (secondary N) is 3. The summed E-state index contributed by atoms with van der Waals surface area (Å²) < 4.78 is 11.9. The fraction of sp³-hybridized carbons (Fsp3) is 0.750. The monoisotopic (exact) mass is 817 g/mol. The van der Waals surface area contributed by atoms with Crippen LogP contribution in [0, 0.1) is 23.7 Å². The van der Waals surface area contributed by atoms with Gasteiger partial charge in [-0.3, -0.25) is 24.1 Å². The van der Waals surface area contributed by atoms with Gasteiger partial charge in [0, 0.05) is 34.2 Å². The molecule has 330 valence electrons. The first-order valence-corrected chi connectivity index (χ1v) is 21.3. The van der Waals surface area contributed by atoms with Gasteiger partial charge in [0.2, 0.25) is 23.6 Å². The van der Waals surface area contributed by atoms with Crippen molar-refractivity contribution in [3.63, 3.8) is 0 Å². The number of aliphatic carboxylic acids is 1. The molecule has 1 fully saturated rings. The minimum absolute atomic E-state index is 0.0126. The maximum absolute atomic E-state index is 14.4. The number of methoxy groups -OCH3 is 2. The number of unbranched alkanes of at least 4 members (excludes halogenated alkanes) is 1. The first kappa shape index (κ1) is 50.6. The van der Waals surface area contributed by atoms with Crippen LogP contribution in [0.15, 0.2) is 30.3 Å². The number of amides is 4. The smallest absolute Gasteiger partial charge is 0.326 e. The zero-order chi connectivity index (χ0) is 43.7. The molecule has 1 aliphatic heterocycles. The van der Waals surface area contributed by atoms with Gasteiger partial charge < -0.3 is 40.3 Å². The van der Waals surface area contributed by atoms with Crippen LogP contribution in [0.25, 0.3) is 0 Å². The van der Waals surface area contributed by atoms with Gasteiger partial charge >= 0.3 is 5.97 Å². The maximum atomic E-state index is 14.4. The molecule has 1 saturated heterocycles. The molecule has 2 rings (SSSR count). The van der Waals surface area contributed by atoms with Crippen molar-refractivity contribution in [1.29, 1.82) is 0 Å². The van der Waals surface area contributed by atoms with Crippen LogP contribution in [0.3, 0.4) is 0 Å². The van der Waals surface area contributed by atoms with Crippen LogP contribution in [-0.2, 0) is 39.9 Å². The Morgan fingerprint density at radius 3 is 2.10 bits per heavy atom. The lowest BCUT2D eigenvalue weighted by Crippen LogP contribution is -2.60. The zero-order valence-corrected chi connectivity index (χ0v) is 37.5. The van der Waals surface area contributed by atoms with Gasteiger partial charge in [0.1, 0.15) is 12.1 Å². The summed E-state index contributed by atoms with van der Waals surface area (Å²) >= 11 is 0. The molecular formula is C44H76N6O8. The molecule has 1 aromatic carbocycles. The van der Waals surface area contributed by atoms with Gasteiger partial charge in [-0.05, 0) is 76.2 Å². The second-order valence-corrected chi connectivity index (χ2v) is 16.9. The molecule has 9 atom stereocenters. The number of hydrogen-bond acceptors (Lipinski definition) is 9. The highest BCUT2D eigenvalue weighted by atomic mass is 16.5. The van der Waals surface area contributed by atoms with E-state index in [9.17, 15) is 29.1 Å². The highest BCUT2D eigenvalue weighted by Crippen LogP contribution is 2.30. The normalized spacial score (nSPS) is 18.6. The summed E-state index contributed by atoms with van der Waals surface area (Å²) in [5.41, 5.74) is 0.785. The Morgan fingerprint density at radius 1 is 0.914 bits per heavy atom. The van der Waals surface area contributed by atoms with E-state index in [1.165, 1.54) is 7.11 Å². The average Bonchev–Trinajstić information content (AvgIpc) is 3.67. The molecule has 4 N–H and O–H groups in total. The molecule has 14 heteroatoms. The lowest BCUT2D eigenvalue weighted by molar-refractivity contribution is -0.148. The van der Waals surface area contributed by atoms with Gasteiger partial charge in [-0.15, -0.1) is 0 Å². The van der Waals surface area contributed by atoms with Crippen molar-refractivity contribution in [1.82, 2.24) is 30.7 Å². The molecule has 58 heavy (non-hydrogen) atoms. The lowest BCUT2D eigenvalue weighted by atomic mass is 9.89. The minimum atomic E-state index is -1.14. The van der Waals surface area contributed by atoms with Crippen LogP contribution >= 0.6 is 0 Å². The Labute approximate surface area is 348 Å². The molecular weight excluding hydrogens is 741 g/mol. The van der Waals surface area contributed by atoms with Gasteiger partial charge in [-0.25, -0.2) is 4.79 Å². The predicted octanol–water partition coefficient (Wildman–Crippen LogP) is 3.82. The summed E-state index contributed by atoms with van der Waals surface area (Å²) in [4.78, 5) is 73.7. The molecule has 1 aromatic rings. The Morgan fingerprint density at radius 2 is 1.57 bits per heavy atom. The number of carbonyl (C=O) groups excluding carboxylic acids is 4. The van der Waals surface area contributed by atoms with Crippen molar-refractivity contribution in [3.05, 3.63) is 35.9 Å². The number of likely N-dealkylation sites (N-methyl/N-ethyl adjacent to an activating group) is 2. The Balaban J connectivity index is 2.26. The summed E-state index contributed by atoms with van der Waals surface area (Å²) in [5, 5.41) is 18.9. The molecule has 0 aliphatic carbocycles. The zero-order valence-electron chi connectivity index (χ0n) is 37.5. The van der Waals surface area contributed by atoms with Crippen LogP contribution in [0.4, 0.5) is 0 Å². The number of carboxylic acids is 1. The fourth-order valence-electron chi connectivity index (χ4n) is 8.44. The first-order valence-electron chi connectivity index (χ1n) is 21.3. The third-order valence-corrected chi connectivity index (χ3v) is 11.9. The SMILES string of the molecule is CCC(C)C(C(CC(=O)N1CCCC1C(OC)C(C)C(=O)NC(Cc1ccccc1)C(=O)O)OC)N(C)C(=O)C(NC(=O)C(C(C)C)N(C)CCCCNC)C(C)C. The summed E-state index contributed by atoms with van der Waals surface area (Å²) in [7, 11) is 8.66. The molecule has 0 spiro atoms. The van der Waals surface area contributed by atoms with E-state index in [0.717, 1.165) is 37.9 Å². The van der Waals surface area contributed by atoms with E-state index in [-0.39, 0.29) is 48.3 Å². The van der Waals surface area contributed by atoms with E-state index in [1.54, 1.807) is 30.9 Å². The molecule has 9 unspecified atom stereocenters. The predicted molar refractivity (Wildman–Crippen MR) is 227 cm³/mol. The van der Waals surface area contributed by atoms with Gasteiger partial charge in [-0.1, -0.05) is 85.2 Å². The Hall–Kier alpha value is -3.59. The van der Waals surface area contributed by atoms with E-state index < -0.39 is 60.2 Å². The van der Waals surface area contributed by atoms with E-state index in [4.69, 9.17) is 9.47 Å². The highest BCUT2D eigenvalue weighted by Gasteiger charge is 2.43. The van der Waals surface area contributed by atoms with Crippen LogP contribution in [0.2, 0.25) is 0 Å². The van der Waals surface area contributed by atoms with Crippen molar-refractivity contribution in [2.45, 2.75) is 136 Å². The summed E-state index contributed by atoms with van der Waals surface area (Å²) in [5.74, 6) is -3.20. The number of carboxylic acid groups (broad SMARTS) is 1. The minimum Gasteiger partial charge on any atom is -0.480 e. The second kappa shape index (κ2) is 25.1. The number of nitrogens with zero attached hydrogens (tertiary/aromatic N) is 3. The van der Waals surface area contributed by atoms with Crippen molar-refractivity contribution < 1.29 is 38.6 Å². The molecule has 1 heterocycles. The van der Waals surface area contributed by atoms with Gasteiger partial charge in [0.15, 0.2) is 0 Å². The Kier molecular flexibility index (Phi) is 21.9. The third kappa shape index (κ3) is 14.3. The van der Waals surface area contributed by atoms with Gasteiger partial charge in [0.25, 0.3) is 0 Å². The highest BCUT2D eigenvalue weighted by molar-refractivity contribution is 5.90. The number of ether oxygens (including phenoxy) is 2. The Bertz CT molecular complexity index is 1430. The largest absolute Gasteiger partial charge is 0.480 e.